The quantitative estimate of drug-likeness (QED) is 0.217. The minimum atomic E-state index is -0.127. The van der Waals surface area contributed by atoms with E-state index in [4.69, 9.17) is 9.47 Å². The zero-order valence-electron chi connectivity index (χ0n) is 12.0. The van der Waals surface area contributed by atoms with Crippen molar-refractivity contribution in [3.05, 3.63) is 0 Å². The molecular weight excluding hydrogens is 421 g/mol. The van der Waals surface area contributed by atoms with Crippen molar-refractivity contribution >= 4 is 50.1 Å². The van der Waals surface area contributed by atoms with Crippen LogP contribution in [0.2, 0.25) is 0 Å². The average molecular weight is 441 g/mol. The minimum absolute atomic E-state index is 0.0750. The summed E-state index contributed by atoms with van der Waals surface area (Å²) in [7, 11) is 3.76. The lowest BCUT2D eigenvalue weighted by Crippen LogP contribution is -2.28. The van der Waals surface area contributed by atoms with E-state index in [1.807, 2.05) is 28.5 Å². The number of carbonyl (C=O) groups excluding carboxylic acids is 1. The normalized spacial score (nSPS) is 30.0. The molecule has 0 bridgehead atoms. The van der Waals surface area contributed by atoms with E-state index >= 15 is 0 Å². The molecule has 2 aliphatic rings. The molecule has 1 amide bonds. The fourth-order valence-corrected chi connectivity index (χ4v) is 6.88. The molecule has 0 spiro atoms. The fraction of sp³-hybridized carbons (Fsp3) is 0.786. The largest absolute Gasteiger partial charge is 0.369 e. The molecule has 4 atom stereocenters. The first-order chi connectivity index (χ1) is 10.2. The number of hydrogen-bond acceptors (Lipinski definition) is 5. The molecule has 1 aliphatic heterocycles. The van der Waals surface area contributed by atoms with Gasteiger partial charge in [0, 0.05) is 12.3 Å². The van der Waals surface area contributed by atoms with E-state index in [1.54, 1.807) is 0 Å². The third-order valence-electron chi connectivity index (χ3n) is 3.24. The van der Waals surface area contributed by atoms with Gasteiger partial charge in [-0.25, -0.2) is 0 Å². The molecule has 0 aromatic rings. The molecule has 118 valence electrons. The van der Waals surface area contributed by atoms with Crippen LogP contribution in [0.4, 0.5) is 0 Å². The summed E-state index contributed by atoms with van der Waals surface area (Å²) in [5, 5.41) is 2.69. The van der Waals surface area contributed by atoms with Crippen molar-refractivity contribution in [1.29, 1.82) is 0 Å². The maximum atomic E-state index is 11.4. The van der Waals surface area contributed by atoms with Gasteiger partial charge in [-0.05, 0) is 12.3 Å². The molecule has 1 saturated carbocycles. The zero-order chi connectivity index (χ0) is 15.1. The second kappa shape index (κ2) is 9.50. The Morgan fingerprint density at radius 2 is 2.19 bits per heavy atom. The maximum absolute atomic E-state index is 11.4. The summed E-state index contributed by atoms with van der Waals surface area (Å²) in [5.41, 5.74) is 0.299. The van der Waals surface area contributed by atoms with E-state index in [1.165, 1.54) is 6.42 Å². The van der Waals surface area contributed by atoms with Crippen molar-refractivity contribution in [1.82, 2.24) is 5.32 Å². The topological polar surface area (TPSA) is 47.6 Å². The third kappa shape index (κ3) is 6.18. The van der Waals surface area contributed by atoms with Crippen molar-refractivity contribution in [3.8, 4) is 11.8 Å². The third-order valence-corrected chi connectivity index (χ3v) is 8.80. The zero-order valence-corrected chi connectivity index (χ0v) is 15.8. The molecular formula is C14H20INO3S2. The van der Waals surface area contributed by atoms with Gasteiger partial charge in [0.2, 0.25) is 5.91 Å². The smallest absolute Gasteiger partial charge is 0.246 e. The van der Waals surface area contributed by atoms with E-state index in [9.17, 15) is 4.79 Å². The van der Waals surface area contributed by atoms with Crippen LogP contribution in [0, 0.1) is 23.7 Å². The number of hydrogen-bond donors (Lipinski definition) is 1. The Morgan fingerprint density at radius 3 is 3.00 bits per heavy atom. The summed E-state index contributed by atoms with van der Waals surface area (Å²) in [6.07, 6.45) is 2.10. The molecule has 4 unspecified atom stereocenters. The van der Waals surface area contributed by atoms with Gasteiger partial charge in [0.05, 0.1) is 23.0 Å². The van der Waals surface area contributed by atoms with Gasteiger partial charge in [-0.2, -0.15) is 0 Å². The molecule has 1 saturated heterocycles. The van der Waals surface area contributed by atoms with Crippen LogP contribution in [0.3, 0.4) is 0 Å². The van der Waals surface area contributed by atoms with Crippen molar-refractivity contribution in [2.75, 3.05) is 26.4 Å². The Labute approximate surface area is 147 Å². The lowest BCUT2D eigenvalue weighted by Gasteiger charge is -2.23. The Kier molecular flexibility index (Phi) is 8.02. The van der Waals surface area contributed by atoms with E-state index in [0.717, 1.165) is 21.5 Å². The molecule has 2 rings (SSSR count). The Morgan fingerprint density at radius 1 is 1.33 bits per heavy atom. The van der Waals surface area contributed by atoms with E-state index in [0.29, 0.717) is 25.2 Å². The van der Waals surface area contributed by atoms with Gasteiger partial charge in [-0.1, -0.05) is 57.0 Å². The summed E-state index contributed by atoms with van der Waals surface area (Å²) in [4.78, 5) is 11.4. The number of fused-ring (bicyclic) bond motifs is 1. The lowest BCUT2D eigenvalue weighted by molar-refractivity contribution is -0.126. The SMILES string of the molecule is CCC#CCNC(=O)COCCOC1SSC(I)C2CC12. The van der Waals surface area contributed by atoms with E-state index < -0.39 is 0 Å². The van der Waals surface area contributed by atoms with Crippen molar-refractivity contribution < 1.29 is 14.3 Å². The van der Waals surface area contributed by atoms with Crippen LogP contribution in [-0.2, 0) is 14.3 Å². The molecule has 0 radical (unpaired) electrons. The first-order valence-electron chi connectivity index (χ1n) is 7.10. The number of rotatable bonds is 7. The molecule has 1 N–H and O–H groups in total. The number of carbonyl (C=O) groups is 1. The number of halogens is 1. The van der Waals surface area contributed by atoms with Crippen molar-refractivity contribution in [2.24, 2.45) is 11.8 Å². The molecule has 7 heteroatoms. The molecule has 4 nitrogen and oxygen atoms in total. The van der Waals surface area contributed by atoms with Gasteiger partial charge in [0.1, 0.15) is 12.0 Å². The van der Waals surface area contributed by atoms with Crippen LogP contribution in [-0.4, -0.2) is 41.0 Å². The lowest BCUT2D eigenvalue weighted by atomic mass is 10.3. The van der Waals surface area contributed by atoms with Gasteiger partial charge in [-0.3, -0.25) is 4.79 Å². The van der Waals surface area contributed by atoms with E-state index in [-0.39, 0.29) is 12.5 Å². The van der Waals surface area contributed by atoms with Gasteiger partial charge in [-0.15, -0.1) is 5.92 Å². The number of amides is 1. The number of nitrogens with one attached hydrogen (secondary N) is 1. The van der Waals surface area contributed by atoms with Crippen LogP contribution in [0.15, 0.2) is 0 Å². The predicted octanol–water partition coefficient (Wildman–Crippen LogP) is 2.67. The van der Waals surface area contributed by atoms with Crippen LogP contribution in [0.5, 0.6) is 0 Å². The first-order valence-corrected chi connectivity index (χ1v) is 10.6. The van der Waals surface area contributed by atoms with Crippen LogP contribution in [0.25, 0.3) is 0 Å². The van der Waals surface area contributed by atoms with Gasteiger partial charge < -0.3 is 14.8 Å². The van der Waals surface area contributed by atoms with Crippen LogP contribution < -0.4 is 5.32 Å². The molecule has 1 aliphatic carbocycles. The van der Waals surface area contributed by atoms with E-state index in [2.05, 4.69) is 39.7 Å². The highest BCUT2D eigenvalue weighted by Gasteiger charge is 2.51. The highest BCUT2D eigenvalue weighted by Crippen LogP contribution is 2.61. The maximum Gasteiger partial charge on any atom is 0.246 e. The monoisotopic (exact) mass is 441 g/mol. The number of alkyl halides is 1. The summed E-state index contributed by atoms with van der Waals surface area (Å²) in [6, 6.07) is 0. The average Bonchev–Trinajstić information content (AvgIpc) is 3.27. The minimum Gasteiger partial charge on any atom is -0.369 e. The summed E-state index contributed by atoms with van der Waals surface area (Å²) in [6.45, 7) is 3.46. The summed E-state index contributed by atoms with van der Waals surface area (Å²) >= 11 is 2.52. The molecule has 0 aromatic carbocycles. The standard InChI is InChI=1S/C14H20INO3S2/c1-2-3-4-5-16-12(17)9-18-6-7-19-14-11-8-10(11)13(15)20-21-14/h10-11,13-14H,2,5-9H2,1H3,(H,16,17). The van der Waals surface area contributed by atoms with Crippen LogP contribution >= 0.6 is 44.2 Å². The second-order valence-electron chi connectivity index (χ2n) is 4.88. The highest BCUT2D eigenvalue weighted by molar-refractivity contribution is 14.1. The van der Waals surface area contributed by atoms with Gasteiger partial charge >= 0.3 is 0 Å². The van der Waals surface area contributed by atoms with Crippen molar-refractivity contribution in [2.45, 2.75) is 28.5 Å². The van der Waals surface area contributed by atoms with Crippen LogP contribution in [0.1, 0.15) is 19.8 Å². The van der Waals surface area contributed by atoms with Gasteiger partial charge in [0.25, 0.3) is 0 Å². The Bertz CT molecular complexity index is 413. The molecule has 21 heavy (non-hydrogen) atoms. The number of ether oxygens (including phenoxy) is 2. The predicted molar refractivity (Wildman–Crippen MR) is 96.2 cm³/mol. The first kappa shape index (κ1) is 17.7. The van der Waals surface area contributed by atoms with Gasteiger partial charge in [0.15, 0.2) is 0 Å². The Hall–Kier alpha value is 0.380. The van der Waals surface area contributed by atoms with Crippen molar-refractivity contribution in [3.63, 3.8) is 0 Å². The summed E-state index contributed by atoms with van der Waals surface area (Å²) < 4.78 is 11.9. The Balaban J connectivity index is 1.46. The fourth-order valence-electron chi connectivity index (χ4n) is 2.02. The summed E-state index contributed by atoms with van der Waals surface area (Å²) in [5.74, 6) is 7.18. The highest BCUT2D eigenvalue weighted by atomic mass is 127. The molecule has 1 heterocycles. The molecule has 0 aromatic heterocycles. The second-order valence-corrected chi connectivity index (χ2v) is 9.58. The molecule has 2 fully saturated rings.